The number of sulfonamides is 1. The Morgan fingerprint density at radius 2 is 1.76 bits per heavy atom. The van der Waals surface area contributed by atoms with Crippen molar-refractivity contribution in [3.8, 4) is 5.69 Å². The molecule has 0 saturated carbocycles. The van der Waals surface area contributed by atoms with Crippen LogP contribution < -0.4 is 15.0 Å². The first-order valence-electron chi connectivity index (χ1n) is 8.41. The van der Waals surface area contributed by atoms with Crippen LogP contribution in [-0.4, -0.2) is 30.8 Å². The second kappa shape index (κ2) is 7.41. The molecule has 0 fully saturated rings. The molecule has 0 radical (unpaired) electrons. The van der Waals surface area contributed by atoms with Crippen LogP contribution in [0.3, 0.4) is 0 Å². The second-order valence-corrected chi connectivity index (χ2v) is 8.66. The predicted octanol–water partition coefficient (Wildman–Crippen LogP) is 1.33. The van der Waals surface area contributed by atoms with Crippen LogP contribution in [0, 0.1) is 6.92 Å². The third-order valence-electron chi connectivity index (χ3n) is 4.64. The van der Waals surface area contributed by atoms with Crippen molar-refractivity contribution in [2.45, 2.75) is 11.8 Å². The number of hydrogen-bond acceptors (Lipinski definition) is 5. The van der Waals surface area contributed by atoms with Gasteiger partial charge < -0.3 is 9.90 Å². The first-order valence-corrected chi connectivity index (χ1v) is 10.2. The van der Waals surface area contributed by atoms with Crippen molar-refractivity contribution in [2.24, 2.45) is 7.05 Å². The van der Waals surface area contributed by atoms with E-state index in [2.05, 4.69) is 0 Å². The molecule has 0 amide bonds. The van der Waals surface area contributed by atoms with Gasteiger partial charge in [-0.2, -0.15) is 0 Å². The molecule has 0 N–H and O–H groups in total. The first kappa shape index (κ1) is 20.7. The molecule has 1 aromatic heterocycles. The molecule has 0 bridgehead atoms. The van der Waals surface area contributed by atoms with E-state index in [1.165, 1.54) is 16.4 Å². The fourth-order valence-electron chi connectivity index (χ4n) is 3.01. The van der Waals surface area contributed by atoms with Gasteiger partial charge in [-0.25, -0.2) is 13.1 Å². The normalized spacial score (nSPS) is 11.4. The van der Waals surface area contributed by atoms with Crippen molar-refractivity contribution in [2.75, 3.05) is 11.4 Å². The highest BCUT2D eigenvalue weighted by molar-refractivity contribution is 7.93. The van der Waals surface area contributed by atoms with Gasteiger partial charge in [0.1, 0.15) is 10.6 Å². The summed E-state index contributed by atoms with van der Waals surface area (Å²) in [6, 6.07) is 12.0. The number of aromatic nitrogens is 2. The molecule has 0 saturated heterocycles. The lowest BCUT2D eigenvalue weighted by atomic mass is 10.2. The van der Waals surface area contributed by atoms with Crippen LogP contribution in [-0.2, 0) is 17.1 Å². The number of nitrogens with zero attached hydrogens (tertiary/aromatic N) is 3. The number of carboxylic acids is 1. The summed E-state index contributed by atoms with van der Waals surface area (Å²) in [6.45, 7) is 1.61. The number of carbonyl (C=O) groups is 1. The summed E-state index contributed by atoms with van der Waals surface area (Å²) >= 11 is 6.02. The summed E-state index contributed by atoms with van der Waals surface area (Å²) < 4.78 is 30.0. The van der Waals surface area contributed by atoms with Crippen molar-refractivity contribution < 1.29 is 18.3 Å². The van der Waals surface area contributed by atoms with Gasteiger partial charge in [-0.1, -0.05) is 35.9 Å². The third-order valence-corrected chi connectivity index (χ3v) is 6.88. The van der Waals surface area contributed by atoms with Gasteiger partial charge in [0.05, 0.1) is 22.4 Å². The van der Waals surface area contributed by atoms with Gasteiger partial charge >= 0.3 is 0 Å². The topological polar surface area (TPSA) is 104 Å². The number of carbonyl (C=O) groups excluding carboxylic acids is 1. The Kier molecular flexibility index (Phi) is 5.29. The van der Waals surface area contributed by atoms with Gasteiger partial charge in [0.15, 0.2) is 0 Å². The van der Waals surface area contributed by atoms with E-state index in [4.69, 9.17) is 11.6 Å². The molecule has 3 rings (SSSR count). The molecule has 152 valence electrons. The van der Waals surface area contributed by atoms with Crippen LogP contribution in [0.4, 0.5) is 5.69 Å². The number of rotatable bonds is 5. The average Bonchev–Trinajstić information content (AvgIpc) is 2.90. The third kappa shape index (κ3) is 3.43. The van der Waals surface area contributed by atoms with Crippen LogP contribution in [0.15, 0.2) is 58.2 Å². The quantitative estimate of drug-likeness (QED) is 0.602. The Hall–Kier alpha value is -3.04. The maximum Gasteiger partial charge on any atom is 0.296 e. The predicted molar refractivity (Wildman–Crippen MR) is 107 cm³/mol. The van der Waals surface area contributed by atoms with E-state index in [1.807, 2.05) is 0 Å². The smallest absolute Gasteiger partial charge is 0.296 e. The van der Waals surface area contributed by atoms with Gasteiger partial charge in [0, 0.05) is 14.1 Å². The number of halogens is 1. The van der Waals surface area contributed by atoms with E-state index >= 15 is 0 Å². The zero-order valence-electron chi connectivity index (χ0n) is 15.8. The van der Waals surface area contributed by atoms with E-state index in [0.717, 1.165) is 22.5 Å². The molecule has 10 heteroatoms. The zero-order valence-corrected chi connectivity index (χ0v) is 17.4. The van der Waals surface area contributed by atoms with Gasteiger partial charge in [-0.05, 0) is 36.8 Å². The van der Waals surface area contributed by atoms with Gasteiger partial charge in [0.2, 0.25) is 0 Å². The average molecular weight is 435 g/mol. The van der Waals surface area contributed by atoms with Crippen LogP contribution >= 0.6 is 11.6 Å². The van der Waals surface area contributed by atoms with E-state index in [1.54, 1.807) is 44.3 Å². The van der Waals surface area contributed by atoms with Crippen LogP contribution in [0.1, 0.15) is 16.1 Å². The molecule has 1 heterocycles. The molecule has 0 atom stereocenters. The van der Waals surface area contributed by atoms with E-state index in [0.29, 0.717) is 11.4 Å². The number of para-hydroxylation sites is 1. The number of hydrogen-bond donors (Lipinski definition) is 0. The second-order valence-electron chi connectivity index (χ2n) is 6.32. The molecule has 3 aromatic rings. The molecule has 0 spiro atoms. The summed E-state index contributed by atoms with van der Waals surface area (Å²) in [5.41, 5.74) is 0.00261. The Bertz CT molecular complexity index is 1260. The van der Waals surface area contributed by atoms with Gasteiger partial charge in [0.25, 0.3) is 15.6 Å². The highest BCUT2D eigenvalue weighted by Crippen LogP contribution is 2.29. The van der Waals surface area contributed by atoms with Crippen molar-refractivity contribution in [1.29, 1.82) is 0 Å². The fourth-order valence-corrected chi connectivity index (χ4v) is 4.76. The summed E-state index contributed by atoms with van der Waals surface area (Å²) in [7, 11) is -1.47. The molecular formula is C19H17ClN3O5S-. The lowest BCUT2D eigenvalue weighted by Gasteiger charge is -2.19. The molecule has 0 aliphatic rings. The standard InChI is InChI=1S/C19H18ClN3O5S/c1-12-17(18(24)23(21(12)2)14-7-5-4-6-8-14)22(3)29(27,28)16-11-13(19(25)26)9-10-15(16)20/h4-11H,1-3H3,(H,25,26)/p-1. The molecule has 0 aliphatic heterocycles. The van der Waals surface area contributed by atoms with E-state index < -0.39 is 26.4 Å². The molecule has 29 heavy (non-hydrogen) atoms. The van der Waals surface area contributed by atoms with Gasteiger partial charge in [-0.15, -0.1) is 0 Å². The molecule has 2 aromatic carbocycles. The number of anilines is 1. The lowest BCUT2D eigenvalue weighted by Crippen LogP contribution is -2.32. The Labute approximate surface area is 172 Å². The Balaban J connectivity index is 2.19. The lowest BCUT2D eigenvalue weighted by molar-refractivity contribution is -0.255. The van der Waals surface area contributed by atoms with E-state index in [9.17, 15) is 23.1 Å². The van der Waals surface area contributed by atoms with Crippen molar-refractivity contribution >= 4 is 33.3 Å². The van der Waals surface area contributed by atoms with Crippen molar-refractivity contribution in [3.63, 3.8) is 0 Å². The molecule has 8 nitrogen and oxygen atoms in total. The summed E-state index contributed by atoms with van der Waals surface area (Å²) in [5.74, 6) is -1.54. The minimum Gasteiger partial charge on any atom is -0.545 e. The van der Waals surface area contributed by atoms with Crippen LogP contribution in [0.5, 0.6) is 0 Å². The highest BCUT2D eigenvalue weighted by Gasteiger charge is 2.30. The van der Waals surface area contributed by atoms with E-state index in [-0.39, 0.29) is 16.3 Å². The maximum absolute atomic E-state index is 13.2. The molecule has 0 aliphatic carbocycles. The molecule has 0 unspecified atom stereocenters. The number of benzene rings is 2. The van der Waals surface area contributed by atoms with Gasteiger partial charge in [-0.3, -0.25) is 13.8 Å². The van der Waals surface area contributed by atoms with Crippen molar-refractivity contribution in [1.82, 2.24) is 9.36 Å². The summed E-state index contributed by atoms with van der Waals surface area (Å²) in [6.07, 6.45) is 0. The fraction of sp³-hybridized carbons (Fsp3) is 0.158. The first-order chi connectivity index (χ1) is 13.6. The minimum atomic E-state index is -4.33. The Morgan fingerprint density at radius 1 is 1.14 bits per heavy atom. The minimum absolute atomic E-state index is 0.0775. The summed E-state index contributed by atoms with van der Waals surface area (Å²) in [4.78, 5) is 23.8. The molecular weight excluding hydrogens is 418 g/mol. The monoisotopic (exact) mass is 434 g/mol. The highest BCUT2D eigenvalue weighted by atomic mass is 35.5. The van der Waals surface area contributed by atoms with Crippen LogP contribution in [0.25, 0.3) is 5.69 Å². The maximum atomic E-state index is 13.2. The SMILES string of the molecule is Cc1c(N(C)S(=O)(=O)c2cc(C(=O)[O-])ccc2Cl)c(=O)n(-c2ccccc2)n1C. The Morgan fingerprint density at radius 3 is 2.34 bits per heavy atom. The van der Waals surface area contributed by atoms with Crippen LogP contribution in [0.2, 0.25) is 5.02 Å². The number of aromatic carboxylic acids is 1. The number of carboxylic acid groups (broad SMARTS) is 1. The summed E-state index contributed by atoms with van der Waals surface area (Å²) in [5, 5.41) is 11.0. The van der Waals surface area contributed by atoms with Crippen molar-refractivity contribution in [3.05, 3.63) is 75.2 Å². The largest absolute Gasteiger partial charge is 0.545 e. The zero-order chi connectivity index (χ0) is 21.5.